The smallest absolute Gasteiger partial charge is 0.255 e. The van der Waals surface area contributed by atoms with Crippen LogP contribution in [-0.4, -0.2) is 27.1 Å². The third-order valence-corrected chi connectivity index (χ3v) is 5.41. The number of amides is 2. The van der Waals surface area contributed by atoms with Gasteiger partial charge in [0.25, 0.3) is 5.91 Å². The molecule has 7 nitrogen and oxygen atoms in total. The number of nitrogens with one attached hydrogen (secondary N) is 2. The highest BCUT2D eigenvalue weighted by molar-refractivity contribution is 6.33. The molecule has 0 saturated heterocycles. The average molecular weight is 490 g/mol. The molecule has 0 saturated carbocycles. The summed E-state index contributed by atoms with van der Waals surface area (Å²) in [7, 11) is 0. The number of rotatable bonds is 6. The number of fused-ring (bicyclic) bond motifs is 1. The summed E-state index contributed by atoms with van der Waals surface area (Å²) in [5.74, 6) is -0.620. The van der Waals surface area contributed by atoms with Crippen LogP contribution in [0.4, 0.5) is 11.4 Å². The molecule has 2 aromatic carbocycles. The number of alkyl halides is 1. The normalized spacial score (nSPS) is 10.9. The van der Waals surface area contributed by atoms with E-state index in [0.717, 1.165) is 16.8 Å². The molecule has 0 aliphatic carbocycles. The minimum Gasteiger partial charge on any atom is -0.322 e. The van der Waals surface area contributed by atoms with Crippen molar-refractivity contribution in [2.24, 2.45) is 0 Å². The average Bonchev–Trinajstić information content (AvgIpc) is 3.29. The molecule has 0 bridgehead atoms. The van der Waals surface area contributed by atoms with Gasteiger partial charge < -0.3 is 15.0 Å². The fourth-order valence-electron chi connectivity index (χ4n) is 3.34. The first-order chi connectivity index (χ1) is 16.5. The molecule has 0 unspecified atom stereocenters. The SMILES string of the molecule is N#Cc1cc(C(=O)Nc2cccc(-c3cc4nccn4cc3Cl)c2)ccc1NC(=O)/C=C/CCl. The van der Waals surface area contributed by atoms with Crippen LogP contribution in [0.15, 0.2) is 79.3 Å². The van der Waals surface area contributed by atoms with E-state index < -0.39 is 11.8 Å². The van der Waals surface area contributed by atoms with Gasteiger partial charge in [-0.3, -0.25) is 9.59 Å². The van der Waals surface area contributed by atoms with Crippen molar-refractivity contribution >= 4 is 52.0 Å². The van der Waals surface area contributed by atoms with Crippen molar-refractivity contribution in [2.75, 3.05) is 16.5 Å². The molecule has 168 valence electrons. The number of carbonyl (C=O) groups excluding carboxylic acids is 2. The number of aromatic nitrogens is 2. The zero-order valence-electron chi connectivity index (χ0n) is 17.6. The van der Waals surface area contributed by atoms with Gasteiger partial charge in [-0.1, -0.05) is 29.8 Å². The molecule has 0 atom stereocenters. The third-order valence-electron chi connectivity index (χ3n) is 4.93. The zero-order chi connectivity index (χ0) is 24.1. The van der Waals surface area contributed by atoms with Crippen LogP contribution in [0.25, 0.3) is 16.8 Å². The molecule has 2 N–H and O–H groups in total. The lowest BCUT2D eigenvalue weighted by molar-refractivity contribution is -0.111. The number of hydrogen-bond acceptors (Lipinski definition) is 4. The van der Waals surface area contributed by atoms with Crippen LogP contribution in [0.3, 0.4) is 0 Å². The van der Waals surface area contributed by atoms with E-state index in [1.807, 2.05) is 40.9 Å². The van der Waals surface area contributed by atoms with Gasteiger partial charge in [-0.15, -0.1) is 11.6 Å². The van der Waals surface area contributed by atoms with E-state index in [1.165, 1.54) is 30.4 Å². The van der Waals surface area contributed by atoms with Crippen molar-refractivity contribution in [3.63, 3.8) is 0 Å². The fourth-order valence-corrected chi connectivity index (χ4v) is 3.70. The molecule has 4 rings (SSSR count). The fraction of sp³-hybridized carbons (Fsp3) is 0.0400. The van der Waals surface area contributed by atoms with Crippen LogP contribution in [0, 0.1) is 11.3 Å². The van der Waals surface area contributed by atoms with Gasteiger partial charge in [0.2, 0.25) is 5.91 Å². The number of carbonyl (C=O) groups is 2. The van der Waals surface area contributed by atoms with Crippen LogP contribution in [0.2, 0.25) is 5.02 Å². The van der Waals surface area contributed by atoms with Gasteiger partial charge in [-0.05, 0) is 42.0 Å². The number of imidazole rings is 1. The Hall–Kier alpha value is -4.12. The summed E-state index contributed by atoms with van der Waals surface area (Å²) in [5, 5.41) is 15.4. The van der Waals surface area contributed by atoms with Crippen LogP contribution in [0.1, 0.15) is 15.9 Å². The molecule has 0 spiro atoms. The number of halogens is 2. The van der Waals surface area contributed by atoms with Crippen molar-refractivity contribution in [3.05, 3.63) is 95.4 Å². The summed E-state index contributed by atoms with van der Waals surface area (Å²) in [5.41, 5.74) is 3.64. The van der Waals surface area contributed by atoms with Crippen molar-refractivity contribution in [1.82, 2.24) is 9.38 Å². The maximum atomic E-state index is 12.8. The first-order valence-electron chi connectivity index (χ1n) is 10.1. The van der Waals surface area contributed by atoms with E-state index in [-0.39, 0.29) is 17.0 Å². The van der Waals surface area contributed by atoms with Gasteiger partial charge in [0.1, 0.15) is 11.7 Å². The molecule has 2 aromatic heterocycles. The van der Waals surface area contributed by atoms with Crippen LogP contribution < -0.4 is 10.6 Å². The van der Waals surface area contributed by atoms with Gasteiger partial charge >= 0.3 is 0 Å². The molecular formula is C25H17Cl2N5O2. The molecule has 0 aliphatic rings. The second kappa shape index (κ2) is 10.2. The minimum atomic E-state index is -0.418. The molecule has 0 radical (unpaired) electrons. The summed E-state index contributed by atoms with van der Waals surface area (Å²) >= 11 is 12.0. The highest BCUT2D eigenvalue weighted by Gasteiger charge is 2.13. The van der Waals surface area contributed by atoms with Gasteiger partial charge in [0, 0.05) is 47.4 Å². The van der Waals surface area contributed by atoms with E-state index in [2.05, 4.69) is 15.6 Å². The Labute approximate surface area is 205 Å². The summed E-state index contributed by atoms with van der Waals surface area (Å²) in [6.45, 7) is 0. The molecule has 2 amide bonds. The maximum Gasteiger partial charge on any atom is 0.255 e. The second-order valence-electron chi connectivity index (χ2n) is 7.18. The summed E-state index contributed by atoms with van der Waals surface area (Å²) < 4.78 is 1.82. The number of pyridine rings is 1. The lowest BCUT2D eigenvalue weighted by atomic mass is 10.1. The summed E-state index contributed by atoms with van der Waals surface area (Å²) in [6, 6.07) is 15.6. The van der Waals surface area contributed by atoms with Gasteiger partial charge in [-0.2, -0.15) is 5.26 Å². The van der Waals surface area contributed by atoms with Crippen molar-refractivity contribution in [2.45, 2.75) is 0 Å². The van der Waals surface area contributed by atoms with E-state index in [4.69, 9.17) is 23.2 Å². The van der Waals surface area contributed by atoms with Gasteiger partial charge in [-0.25, -0.2) is 4.98 Å². The van der Waals surface area contributed by atoms with Crippen LogP contribution >= 0.6 is 23.2 Å². The zero-order valence-corrected chi connectivity index (χ0v) is 19.1. The third kappa shape index (κ3) is 5.09. The topological polar surface area (TPSA) is 99.3 Å². The molecule has 34 heavy (non-hydrogen) atoms. The number of anilines is 2. The van der Waals surface area contributed by atoms with Crippen molar-refractivity contribution in [1.29, 1.82) is 5.26 Å². The first-order valence-corrected chi connectivity index (χ1v) is 11.0. The molecule has 0 aliphatic heterocycles. The van der Waals surface area contributed by atoms with Crippen LogP contribution in [0.5, 0.6) is 0 Å². The minimum absolute atomic E-state index is 0.161. The largest absolute Gasteiger partial charge is 0.322 e. The van der Waals surface area contributed by atoms with Crippen LogP contribution in [-0.2, 0) is 4.79 Å². The highest BCUT2D eigenvalue weighted by Crippen LogP contribution is 2.30. The van der Waals surface area contributed by atoms with E-state index in [0.29, 0.717) is 16.4 Å². The maximum absolute atomic E-state index is 12.8. The summed E-state index contributed by atoms with van der Waals surface area (Å²) in [6.07, 6.45) is 8.04. The molecule has 2 heterocycles. The Kier molecular flexibility index (Phi) is 6.93. The number of nitriles is 1. The molecule has 0 fully saturated rings. The number of allylic oxidation sites excluding steroid dienone is 1. The first kappa shape index (κ1) is 23.1. The standard InChI is InChI=1S/C25H17Cl2N5O2/c26-8-2-5-24(33)31-22-7-6-17(11-18(22)14-28)25(34)30-19-4-1-3-16(12-19)20-13-23-29-9-10-32(23)15-21(20)27/h1-7,9-13,15H,8H2,(H,30,34)(H,31,33)/b5-2+. The number of hydrogen-bond donors (Lipinski definition) is 2. The van der Waals surface area contributed by atoms with E-state index >= 15 is 0 Å². The van der Waals surface area contributed by atoms with E-state index in [9.17, 15) is 14.9 Å². The Morgan fingerprint density at radius 1 is 1.15 bits per heavy atom. The van der Waals surface area contributed by atoms with Crippen molar-refractivity contribution in [3.8, 4) is 17.2 Å². The molecule has 4 aromatic rings. The highest BCUT2D eigenvalue weighted by atomic mass is 35.5. The predicted octanol–water partition coefficient (Wildman–Crippen LogP) is 5.51. The number of nitrogens with zero attached hydrogens (tertiary/aromatic N) is 3. The molecular weight excluding hydrogens is 473 g/mol. The quantitative estimate of drug-likeness (QED) is 0.275. The lowest BCUT2D eigenvalue weighted by Crippen LogP contribution is -2.14. The number of benzene rings is 2. The van der Waals surface area contributed by atoms with Gasteiger partial charge in [0.05, 0.1) is 16.3 Å². The predicted molar refractivity (Wildman–Crippen MR) is 133 cm³/mol. The van der Waals surface area contributed by atoms with E-state index in [1.54, 1.807) is 18.5 Å². The second-order valence-corrected chi connectivity index (χ2v) is 7.90. The Morgan fingerprint density at radius 2 is 2.00 bits per heavy atom. The monoisotopic (exact) mass is 489 g/mol. The Morgan fingerprint density at radius 3 is 2.79 bits per heavy atom. The Bertz CT molecular complexity index is 1470. The lowest BCUT2D eigenvalue weighted by Gasteiger charge is -2.11. The van der Waals surface area contributed by atoms with Gasteiger partial charge in [0.15, 0.2) is 0 Å². The molecule has 9 heteroatoms. The Balaban J connectivity index is 1.55. The van der Waals surface area contributed by atoms with Crippen molar-refractivity contribution < 1.29 is 9.59 Å². The summed E-state index contributed by atoms with van der Waals surface area (Å²) in [4.78, 5) is 29.0.